The Balaban J connectivity index is 1.13. The molecule has 1 aliphatic heterocycles. The van der Waals surface area contributed by atoms with Crippen molar-refractivity contribution in [3.63, 3.8) is 0 Å². The molecule has 6 rings (SSSR count). The first kappa shape index (κ1) is 27.3. The van der Waals surface area contributed by atoms with Gasteiger partial charge in [-0.25, -0.2) is 4.79 Å². The summed E-state index contributed by atoms with van der Waals surface area (Å²) < 4.78 is 66.2. The van der Waals surface area contributed by atoms with Gasteiger partial charge in [-0.2, -0.15) is 13.2 Å². The molecule has 214 valence electrons. The molecule has 4 aliphatic carbocycles. The van der Waals surface area contributed by atoms with Crippen LogP contribution in [-0.2, 0) is 29.3 Å². The number of ether oxygens (including phenoxy) is 4. The number of esters is 1. The van der Waals surface area contributed by atoms with E-state index in [0.717, 1.165) is 65.3 Å². The molecule has 0 N–H and O–H groups in total. The molecule has 5 aliphatic rings. The minimum Gasteiger partial charge on any atom is -0.459 e. The lowest BCUT2D eigenvalue weighted by Crippen LogP contribution is -2.53. The van der Waals surface area contributed by atoms with Crippen LogP contribution in [0, 0.1) is 29.1 Å². The molecule has 1 saturated heterocycles. The molecule has 5 nitrogen and oxygen atoms in total. The topological polar surface area (TPSA) is 54.0 Å². The van der Waals surface area contributed by atoms with Gasteiger partial charge in [-0.15, -0.1) is 0 Å². The average Bonchev–Trinajstić information content (AvgIpc) is 3.60. The smallest absolute Gasteiger partial charge is 0.432 e. The molecular formula is C31H39F3O5. The summed E-state index contributed by atoms with van der Waals surface area (Å²) in [4.78, 5) is 13.3. The minimum absolute atomic E-state index is 0.0519. The third kappa shape index (κ3) is 4.55. The molecular weight excluding hydrogens is 509 g/mol. The van der Waals surface area contributed by atoms with Gasteiger partial charge in [0.25, 0.3) is 5.60 Å². The van der Waals surface area contributed by atoms with Crippen molar-refractivity contribution >= 4 is 5.97 Å². The monoisotopic (exact) mass is 548 g/mol. The first-order valence-corrected chi connectivity index (χ1v) is 14.3. The number of allylic oxidation sites excluding steroid dienone is 2. The van der Waals surface area contributed by atoms with E-state index < -0.39 is 29.6 Å². The van der Waals surface area contributed by atoms with Crippen LogP contribution in [0.4, 0.5) is 13.2 Å². The fourth-order valence-electron chi connectivity index (χ4n) is 8.15. The molecule has 0 aromatic heterocycles. The van der Waals surface area contributed by atoms with Gasteiger partial charge < -0.3 is 18.9 Å². The molecule has 39 heavy (non-hydrogen) atoms. The Morgan fingerprint density at radius 2 is 1.56 bits per heavy atom. The number of carbonyl (C=O) groups is 1. The summed E-state index contributed by atoms with van der Waals surface area (Å²) in [5.74, 6) is -0.418. The first-order chi connectivity index (χ1) is 18.5. The second-order valence-corrected chi connectivity index (χ2v) is 13.2. The van der Waals surface area contributed by atoms with Crippen LogP contribution < -0.4 is 0 Å². The molecule has 0 radical (unpaired) electrons. The van der Waals surface area contributed by atoms with E-state index in [-0.39, 0.29) is 16.9 Å². The Morgan fingerprint density at radius 3 is 2.18 bits per heavy atom. The van der Waals surface area contributed by atoms with Crippen LogP contribution in [0.1, 0.15) is 70.8 Å². The van der Waals surface area contributed by atoms with Gasteiger partial charge >= 0.3 is 12.1 Å². The summed E-state index contributed by atoms with van der Waals surface area (Å²) in [6.45, 7) is 5.75. The third-order valence-electron chi connectivity index (χ3n) is 10.3. The number of halogens is 3. The van der Waals surface area contributed by atoms with Crippen molar-refractivity contribution in [3.8, 4) is 0 Å². The number of rotatable bonds is 4. The van der Waals surface area contributed by atoms with Gasteiger partial charge in [0, 0.05) is 30.9 Å². The number of hydrogen-bond acceptors (Lipinski definition) is 5. The second-order valence-electron chi connectivity index (χ2n) is 13.2. The highest BCUT2D eigenvalue weighted by atomic mass is 19.4. The van der Waals surface area contributed by atoms with Gasteiger partial charge in [-0.05, 0) is 62.2 Å². The van der Waals surface area contributed by atoms with E-state index in [4.69, 9.17) is 18.9 Å². The van der Waals surface area contributed by atoms with Crippen molar-refractivity contribution in [2.24, 2.45) is 29.1 Å². The largest absolute Gasteiger partial charge is 0.459 e. The highest BCUT2D eigenvalue weighted by molar-refractivity contribution is 5.83. The van der Waals surface area contributed by atoms with E-state index in [1.54, 1.807) is 6.07 Å². The van der Waals surface area contributed by atoms with Crippen LogP contribution in [0.25, 0.3) is 0 Å². The number of methoxy groups -OCH3 is 1. The molecule has 1 spiro atoms. The summed E-state index contributed by atoms with van der Waals surface area (Å²) in [5, 5.41) is 0. The molecule has 2 bridgehead atoms. The lowest BCUT2D eigenvalue weighted by Gasteiger charge is -2.46. The van der Waals surface area contributed by atoms with Gasteiger partial charge in [0.1, 0.15) is 6.10 Å². The number of hydrogen-bond donors (Lipinski definition) is 0. The van der Waals surface area contributed by atoms with Crippen molar-refractivity contribution in [2.75, 3.05) is 20.3 Å². The van der Waals surface area contributed by atoms with Gasteiger partial charge in [0.2, 0.25) is 0 Å². The van der Waals surface area contributed by atoms with Crippen molar-refractivity contribution in [1.82, 2.24) is 0 Å². The van der Waals surface area contributed by atoms with E-state index in [9.17, 15) is 18.0 Å². The number of benzene rings is 1. The van der Waals surface area contributed by atoms with Gasteiger partial charge in [0.05, 0.1) is 13.2 Å². The highest BCUT2D eigenvalue weighted by Crippen LogP contribution is 2.62. The van der Waals surface area contributed by atoms with Crippen LogP contribution in [0.3, 0.4) is 0 Å². The van der Waals surface area contributed by atoms with Crippen molar-refractivity contribution in [3.05, 3.63) is 47.0 Å². The Labute approximate surface area is 228 Å². The quantitative estimate of drug-likeness (QED) is 0.309. The average molecular weight is 549 g/mol. The van der Waals surface area contributed by atoms with E-state index in [1.807, 2.05) is 0 Å². The van der Waals surface area contributed by atoms with E-state index >= 15 is 0 Å². The lowest BCUT2D eigenvalue weighted by molar-refractivity contribution is -0.307. The Hall–Kier alpha value is -1.90. The maximum absolute atomic E-state index is 14.4. The van der Waals surface area contributed by atoms with Crippen LogP contribution in [0.2, 0.25) is 0 Å². The molecule has 4 saturated carbocycles. The minimum atomic E-state index is -4.95. The van der Waals surface area contributed by atoms with Crippen LogP contribution >= 0.6 is 0 Å². The Morgan fingerprint density at radius 1 is 0.923 bits per heavy atom. The predicted octanol–water partition coefficient (Wildman–Crippen LogP) is 6.71. The molecule has 1 aromatic carbocycles. The standard InChI is InChI=1S/C31H39F3O5/c1-28(2)17-37-29(38-18-28)11-9-19(10-12-29)20-13-23-21-15-25(24(23)14-20)26(16-21)39-27(35)30(36-3,31(32,33)34)22-7-5-4-6-8-22/h4-8,21,23-26H,9-18H2,1-3H3/t21-,23?,24?,25-,26+,30-/m1/s1. The maximum Gasteiger partial charge on any atom is 0.432 e. The van der Waals surface area contributed by atoms with Gasteiger partial charge in [-0.3, -0.25) is 0 Å². The molecule has 1 aromatic rings. The molecule has 1 heterocycles. The van der Waals surface area contributed by atoms with Crippen molar-refractivity contribution < 1.29 is 36.9 Å². The fraction of sp³-hybridized carbons (Fsp3) is 0.710. The summed E-state index contributed by atoms with van der Waals surface area (Å²) in [6.07, 6.45) is 1.83. The zero-order valence-corrected chi connectivity index (χ0v) is 23.0. The predicted molar refractivity (Wildman–Crippen MR) is 137 cm³/mol. The molecule has 8 heteroatoms. The van der Waals surface area contributed by atoms with Crippen molar-refractivity contribution in [1.29, 1.82) is 0 Å². The van der Waals surface area contributed by atoms with E-state index in [1.165, 1.54) is 35.4 Å². The zero-order valence-electron chi connectivity index (χ0n) is 23.0. The maximum atomic E-state index is 14.4. The lowest BCUT2D eigenvalue weighted by atomic mass is 9.80. The molecule has 6 atom stereocenters. The van der Waals surface area contributed by atoms with Crippen LogP contribution in [-0.4, -0.2) is 44.4 Å². The third-order valence-corrected chi connectivity index (χ3v) is 10.3. The summed E-state index contributed by atoms with van der Waals surface area (Å²) in [7, 11) is 0.923. The van der Waals surface area contributed by atoms with Crippen LogP contribution in [0.5, 0.6) is 0 Å². The number of carbonyl (C=O) groups excluding carboxylic acids is 1. The van der Waals surface area contributed by atoms with E-state index in [2.05, 4.69) is 13.8 Å². The second kappa shape index (κ2) is 9.59. The SMILES string of the molecule is CO[C@@](C(=O)O[C@H]1C[C@H]2C[C@@H]1C1CC(=C3CCC4(CC3)OCC(C)(C)CO4)CC12)(c1ccccc1)C(F)(F)F. The summed E-state index contributed by atoms with van der Waals surface area (Å²) in [5.41, 5.74) is -0.308. The molecule has 2 unspecified atom stereocenters. The highest BCUT2D eigenvalue weighted by Gasteiger charge is 2.65. The van der Waals surface area contributed by atoms with E-state index in [0.29, 0.717) is 24.2 Å². The Kier molecular flexibility index (Phi) is 6.71. The molecule has 0 amide bonds. The summed E-state index contributed by atoms with van der Waals surface area (Å²) in [6, 6.07) is 7.08. The fourth-order valence-corrected chi connectivity index (χ4v) is 8.15. The zero-order chi connectivity index (χ0) is 27.6. The van der Waals surface area contributed by atoms with Crippen LogP contribution in [0.15, 0.2) is 41.5 Å². The summed E-state index contributed by atoms with van der Waals surface area (Å²) >= 11 is 0. The van der Waals surface area contributed by atoms with Crippen molar-refractivity contribution in [2.45, 2.75) is 88.9 Å². The van der Waals surface area contributed by atoms with Gasteiger partial charge in [-0.1, -0.05) is 55.3 Å². The Bertz CT molecular complexity index is 1110. The number of fused-ring (bicyclic) bond motifs is 5. The number of alkyl halides is 3. The molecule has 5 fully saturated rings. The van der Waals surface area contributed by atoms with Gasteiger partial charge in [0.15, 0.2) is 5.79 Å². The first-order valence-electron chi connectivity index (χ1n) is 14.3. The normalized spacial score (nSPS) is 34.7.